The molecule has 1 aliphatic rings. The van der Waals surface area contributed by atoms with Crippen LogP contribution in [0.15, 0.2) is 47.3 Å². The topological polar surface area (TPSA) is 140 Å². The summed E-state index contributed by atoms with van der Waals surface area (Å²) in [5.74, 6) is 0.798. The number of rotatable bonds is 5. The number of fused-ring (bicyclic) bond motifs is 3. The summed E-state index contributed by atoms with van der Waals surface area (Å²) in [7, 11) is 0. The van der Waals surface area contributed by atoms with Gasteiger partial charge in [0.15, 0.2) is 23.0 Å². The first-order chi connectivity index (χ1) is 14.1. The number of aromatic hydroxyl groups is 2. The smallest absolute Gasteiger partial charge is 0.245 e. The average molecular weight is 394 g/mol. The molecule has 0 unspecified atom stereocenters. The third-order valence-corrected chi connectivity index (χ3v) is 4.71. The summed E-state index contributed by atoms with van der Waals surface area (Å²) in [5.41, 5.74) is 8.38. The molecule has 0 radical (unpaired) electrons. The number of benzene rings is 1. The second-order valence-corrected chi connectivity index (χ2v) is 6.64. The molecule has 3 aromatic heterocycles. The molecule has 148 valence electrons. The number of hydrogen-bond acceptors (Lipinski definition) is 9. The number of nitrogens with zero attached hydrogens (tertiary/aromatic N) is 5. The summed E-state index contributed by atoms with van der Waals surface area (Å²) < 4.78 is 8.82. The van der Waals surface area contributed by atoms with Crippen LogP contribution >= 0.6 is 0 Å². The second-order valence-electron chi connectivity index (χ2n) is 6.64. The largest absolute Gasteiger partial charge is 0.504 e. The van der Waals surface area contributed by atoms with Crippen LogP contribution in [0, 0.1) is 5.41 Å². The van der Waals surface area contributed by atoms with Crippen molar-refractivity contribution < 1.29 is 14.6 Å². The number of hydrazine groups is 2. The molecular weight excluding hydrogens is 376 g/mol. The lowest BCUT2D eigenvalue weighted by molar-refractivity contribution is 0.403. The highest BCUT2D eigenvalue weighted by molar-refractivity contribution is 5.85. The molecule has 0 fully saturated rings. The van der Waals surface area contributed by atoms with Gasteiger partial charge in [-0.15, -0.1) is 0 Å². The number of furan rings is 1. The number of phenols is 2. The van der Waals surface area contributed by atoms with Gasteiger partial charge in [0.25, 0.3) is 0 Å². The lowest BCUT2D eigenvalue weighted by atomic mass is 10.1. The molecule has 0 saturated heterocycles. The maximum atomic E-state index is 9.61. The summed E-state index contributed by atoms with van der Waals surface area (Å²) >= 11 is 0. The summed E-state index contributed by atoms with van der Waals surface area (Å²) in [4.78, 5) is 8.76. The molecule has 0 bridgehead atoms. The highest BCUT2D eigenvalue weighted by atomic mass is 16.4. The third kappa shape index (κ3) is 2.88. The number of aromatic nitrogens is 4. The lowest BCUT2D eigenvalue weighted by Gasteiger charge is -2.13. The van der Waals surface area contributed by atoms with Gasteiger partial charge >= 0.3 is 0 Å². The molecule has 0 saturated carbocycles. The number of hydrogen-bond donors (Lipinski definition) is 5. The fourth-order valence-electron chi connectivity index (χ4n) is 3.32. The van der Waals surface area contributed by atoms with Crippen molar-refractivity contribution in [3.05, 3.63) is 54.1 Å². The minimum atomic E-state index is -0.131. The Bertz CT molecular complexity index is 1240. The molecule has 1 aliphatic heterocycles. The van der Waals surface area contributed by atoms with Crippen LogP contribution < -0.4 is 21.6 Å². The molecule has 1 aromatic carbocycles. The fourth-order valence-corrected chi connectivity index (χ4v) is 3.32. The normalized spacial score (nSPS) is 12.8. The standard InChI is InChI=1S/C18H18N8O3/c19-18-21-16-15(22-26(23-16)14-4-2-8-29-14)17-20-10-24(25(17)18)7-1-3-11-5-6-12(27)13(28)9-11/h2,4-6,8-10,22,27-28H,1,3,7H2,(H2,19,21,23). The number of anilines is 3. The number of aryl methyl sites for hydroxylation is 2. The Balaban J connectivity index is 1.37. The first-order valence-corrected chi connectivity index (χ1v) is 9.01. The van der Waals surface area contributed by atoms with Gasteiger partial charge in [-0.1, -0.05) is 6.07 Å². The summed E-state index contributed by atoms with van der Waals surface area (Å²) in [5, 5.41) is 28.9. The van der Waals surface area contributed by atoms with Crippen molar-refractivity contribution in [1.82, 2.24) is 19.2 Å². The quantitative estimate of drug-likeness (QED) is 0.323. The lowest BCUT2D eigenvalue weighted by Crippen LogP contribution is -2.29. The minimum absolute atomic E-state index is 0.0501. The Hall–Kier alpha value is -4.15. The van der Waals surface area contributed by atoms with Crippen molar-refractivity contribution >= 4 is 23.0 Å². The molecule has 5 rings (SSSR count). The molecule has 4 heterocycles. The Morgan fingerprint density at radius 3 is 2.83 bits per heavy atom. The van der Waals surface area contributed by atoms with E-state index in [1.807, 2.05) is 4.68 Å². The van der Waals surface area contributed by atoms with E-state index in [0.29, 0.717) is 36.0 Å². The predicted octanol–water partition coefficient (Wildman–Crippen LogP) is 1.82. The zero-order valence-electron chi connectivity index (χ0n) is 15.2. The summed E-state index contributed by atoms with van der Waals surface area (Å²) in [6, 6.07) is 8.37. The van der Waals surface area contributed by atoms with E-state index in [1.165, 1.54) is 6.07 Å². The predicted molar refractivity (Wildman–Crippen MR) is 103 cm³/mol. The van der Waals surface area contributed by atoms with Crippen LogP contribution in [0.3, 0.4) is 0 Å². The Morgan fingerprint density at radius 1 is 1.14 bits per heavy atom. The molecule has 0 aliphatic carbocycles. The molecular formula is C18H18N8O3. The fraction of sp³-hybridized carbons (Fsp3) is 0.167. The van der Waals surface area contributed by atoms with E-state index in [2.05, 4.69) is 20.8 Å². The maximum Gasteiger partial charge on any atom is 0.245 e. The Morgan fingerprint density at radius 2 is 2.03 bits per heavy atom. The Kier molecular flexibility index (Phi) is 3.79. The first-order valence-electron chi connectivity index (χ1n) is 9.01. The van der Waals surface area contributed by atoms with Gasteiger partial charge in [0.05, 0.1) is 6.26 Å². The summed E-state index contributed by atoms with van der Waals surface area (Å²) in [6.45, 7) is 0.602. The van der Waals surface area contributed by atoms with Crippen LogP contribution in [-0.2, 0) is 13.0 Å². The van der Waals surface area contributed by atoms with Crippen molar-refractivity contribution in [3.8, 4) is 11.5 Å². The molecule has 0 atom stereocenters. The van der Waals surface area contributed by atoms with Gasteiger partial charge in [0.1, 0.15) is 12.0 Å². The molecule has 11 nitrogen and oxygen atoms in total. The van der Waals surface area contributed by atoms with E-state index in [9.17, 15) is 10.2 Å². The van der Waals surface area contributed by atoms with Gasteiger partial charge < -0.3 is 14.6 Å². The molecule has 4 aromatic rings. The van der Waals surface area contributed by atoms with Crippen LogP contribution in [0.1, 0.15) is 12.0 Å². The second kappa shape index (κ2) is 6.48. The van der Waals surface area contributed by atoms with Crippen LogP contribution in [0.4, 0.5) is 17.4 Å². The van der Waals surface area contributed by atoms with Gasteiger partial charge in [-0.2, -0.15) is 14.6 Å². The van der Waals surface area contributed by atoms with Gasteiger partial charge in [0, 0.05) is 12.6 Å². The van der Waals surface area contributed by atoms with Crippen molar-refractivity contribution in [2.45, 2.75) is 19.4 Å². The van der Waals surface area contributed by atoms with E-state index < -0.39 is 0 Å². The molecule has 0 spiro atoms. The van der Waals surface area contributed by atoms with Gasteiger partial charge in [-0.3, -0.25) is 20.9 Å². The van der Waals surface area contributed by atoms with Crippen LogP contribution in [0.25, 0.3) is 5.65 Å². The van der Waals surface area contributed by atoms with Crippen molar-refractivity contribution in [2.75, 3.05) is 16.0 Å². The van der Waals surface area contributed by atoms with Gasteiger partial charge in [0.2, 0.25) is 11.5 Å². The highest BCUT2D eigenvalue weighted by Crippen LogP contribution is 2.31. The molecule has 11 heteroatoms. The van der Waals surface area contributed by atoms with Gasteiger partial charge in [-0.25, -0.2) is 4.98 Å². The van der Waals surface area contributed by atoms with Crippen LogP contribution in [0.2, 0.25) is 0 Å². The van der Waals surface area contributed by atoms with Crippen molar-refractivity contribution in [1.29, 1.82) is 5.41 Å². The SMILES string of the molecule is N=c1nc2c(c3ncn(CCCc4ccc(O)c(O)c4)n13)NN(c1ccco1)N2. The van der Waals surface area contributed by atoms with E-state index in [4.69, 9.17) is 9.83 Å². The van der Waals surface area contributed by atoms with Crippen LogP contribution in [-0.4, -0.2) is 29.4 Å². The number of nitrogens with one attached hydrogen (secondary N) is 3. The minimum Gasteiger partial charge on any atom is -0.504 e. The number of phenolic OH excluding ortho intramolecular Hbond substituents is 2. The Labute approximate surface area is 163 Å². The third-order valence-electron chi connectivity index (χ3n) is 4.71. The average Bonchev–Trinajstić information content (AvgIpc) is 3.43. The zero-order valence-corrected chi connectivity index (χ0v) is 15.2. The van der Waals surface area contributed by atoms with Crippen molar-refractivity contribution in [3.63, 3.8) is 0 Å². The zero-order chi connectivity index (χ0) is 20.0. The van der Waals surface area contributed by atoms with E-state index in [-0.39, 0.29) is 17.1 Å². The monoisotopic (exact) mass is 394 g/mol. The summed E-state index contributed by atoms with van der Waals surface area (Å²) in [6.07, 6.45) is 4.69. The molecule has 29 heavy (non-hydrogen) atoms. The van der Waals surface area contributed by atoms with Crippen molar-refractivity contribution in [2.24, 2.45) is 0 Å². The molecule has 0 amide bonds. The van der Waals surface area contributed by atoms with Crippen LogP contribution in [0.5, 0.6) is 11.5 Å². The first kappa shape index (κ1) is 17.0. The van der Waals surface area contributed by atoms with E-state index in [0.717, 1.165) is 12.0 Å². The highest BCUT2D eigenvalue weighted by Gasteiger charge is 2.26. The van der Waals surface area contributed by atoms with E-state index in [1.54, 1.807) is 46.5 Å². The van der Waals surface area contributed by atoms with E-state index >= 15 is 0 Å². The molecule has 5 N–H and O–H groups in total. The maximum absolute atomic E-state index is 9.61. The van der Waals surface area contributed by atoms with Gasteiger partial charge in [-0.05, 0) is 36.6 Å².